The molecule has 0 aliphatic rings. The molecule has 0 radical (unpaired) electrons. The number of pyridine rings is 1. The third-order valence-electron chi connectivity index (χ3n) is 1.57. The number of nitrogens with one attached hydrogen (secondary N) is 1. The Balaban J connectivity index is 3.57. The van der Waals surface area contributed by atoms with E-state index in [1.807, 2.05) is 0 Å². The molecule has 0 aliphatic heterocycles. The molecule has 1 aromatic heterocycles. The number of hydrogen-bond donors (Lipinski definition) is 1. The molecule has 1 aromatic rings. The highest BCUT2D eigenvalue weighted by Gasteiger charge is 2.39. The maximum Gasteiger partial charge on any atom is 0.422 e. The molecule has 1 rings (SSSR count). The molecule has 0 aromatic carbocycles. The van der Waals surface area contributed by atoms with Crippen molar-refractivity contribution in [2.45, 2.75) is 12.6 Å². The molecule has 8 heteroatoms. The summed E-state index contributed by atoms with van der Waals surface area (Å²) in [6.45, 7) is 0. The third kappa shape index (κ3) is 2.47. The first-order chi connectivity index (χ1) is 6.75. The van der Waals surface area contributed by atoms with Gasteiger partial charge < -0.3 is 4.98 Å². The number of alkyl halides is 5. The van der Waals surface area contributed by atoms with Gasteiger partial charge in [-0.3, -0.25) is 4.79 Å². The SMILES string of the molecule is O=c1c(I)c[nH]c(C(F)F)c1C(F)(F)F. The van der Waals surface area contributed by atoms with E-state index in [9.17, 15) is 26.7 Å². The van der Waals surface area contributed by atoms with Crippen LogP contribution in [0.25, 0.3) is 0 Å². The lowest BCUT2D eigenvalue weighted by atomic mass is 10.2. The van der Waals surface area contributed by atoms with Gasteiger partial charge in [0.1, 0.15) is 5.56 Å². The molecule has 0 aliphatic carbocycles. The van der Waals surface area contributed by atoms with Crippen molar-refractivity contribution in [1.82, 2.24) is 4.98 Å². The molecule has 0 amide bonds. The number of aromatic nitrogens is 1. The van der Waals surface area contributed by atoms with E-state index in [1.54, 1.807) is 4.98 Å². The quantitative estimate of drug-likeness (QED) is 0.619. The van der Waals surface area contributed by atoms with Gasteiger partial charge in [0.2, 0.25) is 5.43 Å². The van der Waals surface area contributed by atoms with Gasteiger partial charge in [-0.25, -0.2) is 8.78 Å². The zero-order valence-electron chi connectivity index (χ0n) is 6.83. The number of halogens is 6. The summed E-state index contributed by atoms with van der Waals surface area (Å²) in [5.74, 6) is 0. The number of aromatic amines is 1. The monoisotopic (exact) mass is 339 g/mol. The van der Waals surface area contributed by atoms with E-state index in [4.69, 9.17) is 0 Å². The van der Waals surface area contributed by atoms with Gasteiger partial charge in [0.25, 0.3) is 6.43 Å². The van der Waals surface area contributed by atoms with Crippen molar-refractivity contribution >= 4 is 22.6 Å². The van der Waals surface area contributed by atoms with Gasteiger partial charge in [-0.15, -0.1) is 0 Å². The van der Waals surface area contributed by atoms with Crippen LogP contribution in [0.4, 0.5) is 22.0 Å². The summed E-state index contributed by atoms with van der Waals surface area (Å²) < 4.78 is 61.0. The van der Waals surface area contributed by atoms with Crippen molar-refractivity contribution in [2.75, 3.05) is 0 Å². The number of hydrogen-bond acceptors (Lipinski definition) is 1. The van der Waals surface area contributed by atoms with Gasteiger partial charge in [-0.2, -0.15) is 13.2 Å². The molecular weight excluding hydrogens is 336 g/mol. The van der Waals surface area contributed by atoms with E-state index < -0.39 is 29.3 Å². The Bertz CT molecular complexity index is 424. The predicted molar refractivity (Wildman–Crippen MR) is 49.7 cm³/mol. The lowest BCUT2D eigenvalue weighted by Gasteiger charge is -2.11. The van der Waals surface area contributed by atoms with Gasteiger partial charge in [0.15, 0.2) is 0 Å². The van der Waals surface area contributed by atoms with E-state index in [-0.39, 0.29) is 3.57 Å². The fourth-order valence-electron chi connectivity index (χ4n) is 0.974. The summed E-state index contributed by atoms with van der Waals surface area (Å²) in [6.07, 6.45) is -7.63. The van der Waals surface area contributed by atoms with Crippen LogP contribution in [0.2, 0.25) is 0 Å². The lowest BCUT2D eigenvalue weighted by Crippen LogP contribution is -2.25. The average Bonchev–Trinajstić information content (AvgIpc) is 2.06. The molecule has 15 heavy (non-hydrogen) atoms. The fraction of sp³-hybridized carbons (Fsp3) is 0.286. The van der Waals surface area contributed by atoms with E-state index >= 15 is 0 Å². The maximum atomic E-state index is 12.3. The second-order valence-electron chi connectivity index (χ2n) is 2.55. The Morgan fingerprint density at radius 1 is 1.33 bits per heavy atom. The summed E-state index contributed by atoms with van der Waals surface area (Å²) >= 11 is 1.34. The minimum absolute atomic E-state index is 0.288. The molecule has 1 heterocycles. The van der Waals surface area contributed by atoms with Crippen LogP contribution >= 0.6 is 22.6 Å². The van der Waals surface area contributed by atoms with Gasteiger partial charge in [0, 0.05) is 6.20 Å². The average molecular weight is 339 g/mol. The van der Waals surface area contributed by atoms with Crippen LogP contribution in [0.3, 0.4) is 0 Å². The first kappa shape index (κ1) is 12.4. The molecule has 0 bridgehead atoms. The Kier molecular flexibility index (Phi) is 3.36. The van der Waals surface area contributed by atoms with Crippen LogP contribution in [0, 0.1) is 3.57 Å². The maximum absolute atomic E-state index is 12.3. The summed E-state index contributed by atoms with van der Waals surface area (Å²) in [4.78, 5) is 12.8. The topological polar surface area (TPSA) is 32.9 Å². The normalized spacial score (nSPS) is 12.2. The Labute approximate surface area is 93.6 Å². The van der Waals surface area contributed by atoms with E-state index in [0.29, 0.717) is 0 Å². The van der Waals surface area contributed by atoms with Crippen LogP contribution in [-0.4, -0.2) is 4.98 Å². The molecule has 2 nitrogen and oxygen atoms in total. The summed E-state index contributed by atoms with van der Waals surface area (Å²) in [5.41, 5.74) is -4.66. The van der Waals surface area contributed by atoms with Crippen molar-refractivity contribution in [1.29, 1.82) is 0 Å². The largest absolute Gasteiger partial charge is 0.422 e. The Morgan fingerprint density at radius 3 is 2.27 bits per heavy atom. The molecule has 0 atom stereocenters. The van der Waals surface area contributed by atoms with E-state index in [2.05, 4.69) is 0 Å². The summed E-state index contributed by atoms with van der Waals surface area (Å²) in [6, 6.07) is 0. The van der Waals surface area contributed by atoms with Crippen molar-refractivity contribution in [3.63, 3.8) is 0 Å². The molecule has 0 fully saturated rings. The highest BCUT2D eigenvalue weighted by molar-refractivity contribution is 14.1. The first-order valence-electron chi connectivity index (χ1n) is 3.51. The minimum Gasteiger partial charge on any atom is -0.359 e. The van der Waals surface area contributed by atoms with Crippen LogP contribution in [-0.2, 0) is 6.18 Å². The molecule has 0 spiro atoms. The lowest BCUT2D eigenvalue weighted by molar-refractivity contribution is -0.140. The van der Waals surface area contributed by atoms with Crippen LogP contribution in [0.5, 0.6) is 0 Å². The van der Waals surface area contributed by atoms with Crippen molar-refractivity contribution < 1.29 is 22.0 Å². The first-order valence-corrected chi connectivity index (χ1v) is 4.59. The predicted octanol–water partition coefficient (Wildman–Crippen LogP) is 2.94. The van der Waals surface area contributed by atoms with Gasteiger partial charge >= 0.3 is 6.18 Å². The molecular formula is C7H3F5INO. The highest BCUT2D eigenvalue weighted by Crippen LogP contribution is 2.33. The van der Waals surface area contributed by atoms with E-state index in [0.717, 1.165) is 6.20 Å². The van der Waals surface area contributed by atoms with Gasteiger partial charge in [0.05, 0.1) is 9.26 Å². The molecule has 0 saturated carbocycles. The number of rotatable bonds is 1. The second kappa shape index (κ2) is 4.06. The fourth-order valence-corrected chi connectivity index (χ4v) is 1.40. The Hall–Kier alpha value is -0.670. The summed E-state index contributed by atoms with van der Waals surface area (Å²) in [7, 11) is 0. The molecule has 1 N–H and O–H groups in total. The van der Waals surface area contributed by atoms with Crippen molar-refractivity contribution in [3.05, 3.63) is 31.2 Å². The minimum atomic E-state index is -5.08. The third-order valence-corrected chi connectivity index (χ3v) is 2.37. The summed E-state index contributed by atoms with van der Waals surface area (Å²) in [5, 5.41) is 0. The number of H-pyrrole nitrogens is 1. The Morgan fingerprint density at radius 2 is 1.87 bits per heavy atom. The second-order valence-corrected chi connectivity index (χ2v) is 3.72. The molecule has 84 valence electrons. The van der Waals surface area contributed by atoms with Gasteiger partial charge in [-0.1, -0.05) is 0 Å². The molecule has 0 saturated heterocycles. The van der Waals surface area contributed by atoms with Crippen molar-refractivity contribution in [3.8, 4) is 0 Å². The van der Waals surface area contributed by atoms with Crippen LogP contribution < -0.4 is 5.43 Å². The van der Waals surface area contributed by atoms with Crippen molar-refractivity contribution in [2.24, 2.45) is 0 Å². The van der Waals surface area contributed by atoms with Crippen LogP contribution in [0.1, 0.15) is 17.7 Å². The van der Waals surface area contributed by atoms with Gasteiger partial charge in [-0.05, 0) is 22.6 Å². The highest BCUT2D eigenvalue weighted by atomic mass is 127. The molecule has 0 unspecified atom stereocenters. The smallest absolute Gasteiger partial charge is 0.359 e. The standard InChI is InChI=1S/C7H3F5INO/c8-6(9)4-3(7(10,11)12)5(15)2(13)1-14-4/h1,6H,(H,14,15). The zero-order chi connectivity index (χ0) is 11.8. The van der Waals surface area contributed by atoms with E-state index in [1.165, 1.54) is 22.6 Å². The zero-order valence-corrected chi connectivity index (χ0v) is 8.99. The van der Waals surface area contributed by atoms with Crippen LogP contribution in [0.15, 0.2) is 11.0 Å².